The molecule has 0 amide bonds. The van der Waals surface area contributed by atoms with E-state index < -0.39 is 0 Å². The average molecular weight is 207 g/mol. The van der Waals surface area contributed by atoms with E-state index in [4.69, 9.17) is 5.73 Å². The smallest absolute Gasteiger partial charge is 0.0823 e. The Morgan fingerprint density at radius 1 is 1.40 bits per heavy atom. The molecule has 1 saturated carbocycles. The molecule has 0 saturated heterocycles. The van der Waals surface area contributed by atoms with Crippen LogP contribution < -0.4 is 5.73 Å². The highest BCUT2D eigenvalue weighted by Gasteiger charge is 2.22. The summed E-state index contributed by atoms with van der Waals surface area (Å²) in [5.74, 6) is 0.702. The third-order valence-electron chi connectivity index (χ3n) is 3.36. The Morgan fingerprint density at radius 3 is 2.67 bits per heavy atom. The third kappa shape index (κ3) is 2.23. The van der Waals surface area contributed by atoms with E-state index in [2.05, 4.69) is 11.3 Å². The Balaban J connectivity index is 2.25. The SMILES string of the molecule is CC(N)c1nn(C)cc1C1CCCCC1. The summed E-state index contributed by atoms with van der Waals surface area (Å²) in [5, 5.41) is 4.48. The van der Waals surface area contributed by atoms with Gasteiger partial charge in [-0.2, -0.15) is 5.10 Å². The standard InChI is InChI=1S/C12H21N3/c1-9(13)12-11(8-15(2)14-12)10-6-4-3-5-7-10/h8-10H,3-7,13H2,1-2H3. The zero-order valence-corrected chi connectivity index (χ0v) is 9.74. The first kappa shape index (κ1) is 10.7. The van der Waals surface area contributed by atoms with Crippen molar-refractivity contribution in [3.63, 3.8) is 0 Å². The molecule has 0 aliphatic heterocycles. The van der Waals surface area contributed by atoms with Gasteiger partial charge in [-0.15, -0.1) is 0 Å². The van der Waals surface area contributed by atoms with Crippen molar-refractivity contribution in [2.75, 3.05) is 0 Å². The van der Waals surface area contributed by atoms with Crippen molar-refractivity contribution in [2.45, 2.75) is 51.0 Å². The van der Waals surface area contributed by atoms with Crippen LogP contribution in [-0.2, 0) is 7.05 Å². The topological polar surface area (TPSA) is 43.8 Å². The van der Waals surface area contributed by atoms with Crippen LogP contribution in [0, 0.1) is 0 Å². The molecule has 1 aliphatic carbocycles. The summed E-state index contributed by atoms with van der Waals surface area (Å²) >= 11 is 0. The predicted molar refractivity (Wildman–Crippen MR) is 61.6 cm³/mol. The van der Waals surface area contributed by atoms with E-state index in [0.29, 0.717) is 5.92 Å². The molecule has 1 aliphatic rings. The number of hydrogen-bond acceptors (Lipinski definition) is 2. The van der Waals surface area contributed by atoms with Gasteiger partial charge in [0.25, 0.3) is 0 Å². The summed E-state index contributed by atoms with van der Waals surface area (Å²) in [7, 11) is 1.98. The van der Waals surface area contributed by atoms with E-state index in [1.807, 2.05) is 18.7 Å². The van der Waals surface area contributed by atoms with E-state index in [1.165, 1.54) is 37.7 Å². The van der Waals surface area contributed by atoms with Gasteiger partial charge in [0, 0.05) is 19.3 Å². The van der Waals surface area contributed by atoms with Crippen molar-refractivity contribution in [1.29, 1.82) is 0 Å². The molecule has 2 rings (SSSR count). The zero-order chi connectivity index (χ0) is 10.8. The largest absolute Gasteiger partial charge is 0.323 e. The normalized spacial score (nSPS) is 20.5. The van der Waals surface area contributed by atoms with Crippen LogP contribution in [0.25, 0.3) is 0 Å². The molecule has 1 unspecified atom stereocenters. The van der Waals surface area contributed by atoms with Crippen molar-refractivity contribution in [3.8, 4) is 0 Å². The zero-order valence-electron chi connectivity index (χ0n) is 9.74. The number of hydrogen-bond donors (Lipinski definition) is 1. The molecule has 0 aromatic carbocycles. The van der Waals surface area contributed by atoms with Gasteiger partial charge in [0.15, 0.2) is 0 Å². The molecular formula is C12H21N3. The molecule has 3 nitrogen and oxygen atoms in total. The van der Waals surface area contributed by atoms with Crippen LogP contribution >= 0.6 is 0 Å². The quantitative estimate of drug-likeness (QED) is 0.809. The minimum atomic E-state index is 0.0585. The van der Waals surface area contributed by atoms with Gasteiger partial charge in [0.05, 0.1) is 5.69 Å². The number of aromatic nitrogens is 2. The van der Waals surface area contributed by atoms with E-state index in [0.717, 1.165) is 5.69 Å². The van der Waals surface area contributed by atoms with Crippen LogP contribution in [-0.4, -0.2) is 9.78 Å². The molecule has 1 aromatic rings. The molecule has 3 heteroatoms. The molecule has 1 aromatic heterocycles. The van der Waals surface area contributed by atoms with E-state index in [1.54, 1.807) is 0 Å². The van der Waals surface area contributed by atoms with Crippen molar-refractivity contribution in [1.82, 2.24) is 9.78 Å². The van der Waals surface area contributed by atoms with Crippen molar-refractivity contribution in [3.05, 3.63) is 17.5 Å². The molecule has 84 valence electrons. The third-order valence-corrected chi connectivity index (χ3v) is 3.36. The lowest BCUT2D eigenvalue weighted by Gasteiger charge is -2.22. The van der Waals surface area contributed by atoms with Crippen molar-refractivity contribution in [2.24, 2.45) is 12.8 Å². The fourth-order valence-corrected chi connectivity index (χ4v) is 2.61. The van der Waals surface area contributed by atoms with Gasteiger partial charge in [0.2, 0.25) is 0 Å². The Morgan fingerprint density at radius 2 is 2.07 bits per heavy atom. The van der Waals surface area contributed by atoms with Gasteiger partial charge in [0.1, 0.15) is 0 Å². The predicted octanol–water partition coefficient (Wildman–Crippen LogP) is 2.49. The highest BCUT2D eigenvalue weighted by molar-refractivity contribution is 5.24. The number of aryl methyl sites for hydroxylation is 1. The van der Waals surface area contributed by atoms with Crippen LogP contribution in [0.5, 0.6) is 0 Å². The molecule has 0 radical (unpaired) electrons. The first-order valence-electron chi connectivity index (χ1n) is 5.97. The summed E-state index contributed by atoms with van der Waals surface area (Å²) < 4.78 is 1.91. The lowest BCUT2D eigenvalue weighted by Crippen LogP contribution is -2.12. The Hall–Kier alpha value is -0.830. The van der Waals surface area contributed by atoms with Crippen molar-refractivity contribution >= 4 is 0 Å². The summed E-state index contributed by atoms with van der Waals surface area (Å²) in [5.41, 5.74) is 8.46. The van der Waals surface area contributed by atoms with Gasteiger partial charge in [-0.05, 0) is 31.2 Å². The molecule has 1 fully saturated rings. The number of rotatable bonds is 2. The minimum Gasteiger partial charge on any atom is -0.323 e. The lowest BCUT2D eigenvalue weighted by molar-refractivity contribution is 0.440. The van der Waals surface area contributed by atoms with E-state index in [9.17, 15) is 0 Å². The second-order valence-corrected chi connectivity index (χ2v) is 4.77. The van der Waals surface area contributed by atoms with Gasteiger partial charge in [-0.3, -0.25) is 4.68 Å². The second-order valence-electron chi connectivity index (χ2n) is 4.77. The molecule has 0 spiro atoms. The summed E-state index contributed by atoms with van der Waals surface area (Å²) in [6, 6.07) is 0.0585. The Kier molecular flexibility index (Phi) is 3.10. The van der Waals surface area contributed by atoms with E-state index >= 15 is 0 Å². The van der Waals surface area contributed by atoms with Crippen LogP contribution in [0.4, 0.5) is 0 Å². The fourth-order valence-electron chi connectivity index (χ4n) is 2.61. The highest BCUT2D eigenvalue weighted by atomic mass is 15.3. The first-order valence-corrected chi connectivity index (χ1v) is 5.97. The Bertz CT molecular complexity index is 322. The Labute approximate surface area is 91.7 Å². The molecule has 0 bridgehead atoms. The highest BCUT2D eigenvalue weighted by Crippen LogP contribution is 2.35. The van der Waals surface area contributed by atoms with Gasteiger partial charge in [-0.25, -0.2) is 0 Å². The molecule has 1 atom stereocenters. The van der Waals surface area contributed by atoms with Crippen LogP contribution in [0.3, 0.4) is 0 Å². The molecular weight excluding hydrogens is 186 g/mol. The average Bonchev–Trinajstić information content (AvgIpc) is 2.62. The first-order chi connectivity index (χ1) is 7.18. The molecule has 1 heterocycles. The van der Waals surface area contributed by atoms with Gasteiger partial charge in [-0.1, -0.05) is 19.3 Å². The molecule has 15 heavy (non-hydrogen) atoms. The summed E-state index contributed by atoms with van der Waals surface area (Å²) in [6.45, 7) is 2.02. The summed E-state index contributed by atoms with van der Waals surface area (Å²) in [4.78, 5) is 0. The van der Waals surface area contributed by atoms with Crippen LogP contribution in [0.2, 0.25) is 0 Å². The maximum absolute atomic E-state index is 5.96. The van der Waals surface area contributed by atoms with Gasteiger partial charge >= 0.3 is 0 Å². The fraction of sp³-hybridized carbons (Fsp3) is 0.750. The summed E-state index contributed by atoms with van der Waals surface area (Å²) in [6.07, 6.45) is 8.89. The van der Waals surface area contributed by atoms with E-state index in [-0.39, 0.29) is 6.04 Å². The maximum atomic E-state index is 5.96. The number of nitrogens with zero attached hydrogens (tertiary/aromatic N) is 2. The number of nitrogens with two attached hydrogens (primary N) is 1. The molecule has 2 N–H and O–H groups in total. The van der Waals surface area contributed by atoms with Crippen LogP contribution in [0.1, 0.15) is 62.2 Å². The minimum absolute atomic E-state index is 0.0585. The maximum Gasteiger partial charge on any atom is 0.0823 e. The van der Waals surface area contributed by atoms with Crippen molar-refractivity contribution < 1.29 is 0 Å². The monoisotopic (exact) mass is 207 g/mol. The van der Waals surface area contributed by atoms with Gasteiger partial charge < -0.3 is 5.73 Å². The lowest BCUT2D eigenvalue weighted by atomic mass is 9.83. The van der Waals surface area contributed by atoms with Crippen LogP contribution in [0.15, 0.2) is 6.20 Å². The second kappa shape index (κ2) is 4.35.